The normalized spacial score (nSPS) is 13.1. The van der Waals surface area contributed by atoms with Crippen LogP contribution in [0.2, 0.25) is 5.02 Å². The van der Waals surface area contributed by atoms with Crippen molar-refractivity contribution in [2.75, 3.05) is 5.73 Å². The van der Waals surface area contributed by atoms with E-state index in [2.05, 4.69) is 40.9 Å². The average Bonchev–Trinajstić information content (AvgIpc) is 3.28. The molecule has 35 heteroatoms. The average molecular weight is 1120 g/mol. The molecule has 0 saturated heterocycles. The van der Waals surface area contributed by atoms with Gasteiger partial charge in [-0.1, -0.05) is 17.7 Å². The molecule has 0 aliphatic carbocycles. The number of phenols is 2. The third-order valence-corrected chi connectivity index (χ3v) is 14.7. The predicted molar refractivity (Wildman–Crippen MR) is 252 cm³/mol. The van der Waals surface area contributed by atoms with Crippen LogP contribution in [-0.4, -0.2) is 80.0 Å². The zero-order valence-corrected chi connectivity index (χ0v) is 40.1. The van der Waals surface area contributed by atoms with Crippen LogP contribution in [0.15, 0.2) is 162 Å². The van der Waals surface area contributed by atoms with Crippen LogP contribution in [0.3, 0.4) is 0 Å². The van der Waals surface area contributed by atoms with E-state index in [1.165, 1.54) is 30.3 Å². The number of benzene rings is 7. The number of halogens is 1. The summed E-state index contributed by atoms with van der Waals surface area (Å²) in [7, 11) is -26.1. The molecule has 9 N–H and O–H groups in total. The first-order valence-electron chi connectivity index (χ1n) is 19.0. The molecule has 0 bridgehead atoms. The third kappa shape index (κ3) is 11.3. The Morgan fingerprint density at radius 2 is 0.945 bits per heavy atom. The van der Waals surface area contributed by atoms with E-state index in [-0.39, 0.29) is 22.1 Å². The van der Waals surface area contributed by atoms with Gasteiger partial charge in [0.05, 0.1) is 38.1 Å². The number of phenolic OH excluding ortho intramolecular Hbond substituents is 2. The first kappa shape index (κ1) is 52.9. The molecule has 7 aromatic carbocycles. The maximum Gasteiger partial charge on any atom is 0.297 e. The number of hydrogen-bond donors (Lipinski definition) is 8. The minimum Gasteiger partial charge on any atom is -0.505 e. The van der Waals surface area contributed by atoms with E-state index in [0.717, 1.165) is 48.5 Å². The number of aromatic hydroxyl groups is 2. The lowest BCUT2D eigenvalue weighted by Crippen LogP contribution is -2.03. The molecule has 0 fully saturated rings. The topological polar surface area (TPSA) is 480 Å². The molecule has 73 heavy (non-hydrogen) atoms. The van der Waals surface area contributed by atoms with Gasteiger partial charge in [-0.15, -0.1) is 25.6 Å². The number of nitro benzene ring substituents is 1. The fourth-order valence-electron chi connectivity index (χ4n) is 6.55. The van der Waals surface area contributed by atoms with Gasteiger partial charge in [0.1, 0.15) is 52.9 Å². The van der Waals surface area contributed by atoms with Crippen molar-refractivity contribution in [2.24, 2.45) is 40.9 Å². The highest BCUT2D eigenvalue weighted by atomic mass is 35.5. The second kappa shape index (κ2) is 19.3. The Morgan fingerprint density at radius 1 is 0.452 bits per heavy atom. The molecule has 0 heterocycles. The van der Waals surface area contributed by atoms with Gasteiger partial charge in [0, 0.05) is 28.3 Å². The van der Waals surface area contributed by atoms with Gasteiger partial charge in [0.2, 0.25) is 0 Å². The van der Waals surface area contributed by atoms with Gasteiger partial charge in [-0.2, -0.15) is 57.4 Å². The summed E-state index contributed by atoms with van der Waals surface area (Å²) in [5, 5.41) is 61.1. The zero-order chi connectivity index (χ0) is 53.7. The summed E-state index contributed by atoms with van der Waals surface area (Å²) in [6.07, 6.45) is 0. The van der Waals surface area contributed by atoms with E-state index in [1.54, 1.807) is 0 Å². The van der Waals surface area contributed by atoms with E-state index in [1.807, 2.05) is 0 Å². The number of rotatable bonds is 14. The molecule has 0 aliphatic heterocycles. The Labute approximate surface area is 413 Å². The molecule has 0 atom stereocenters. The number of fused-ring (bicyclic) bond motifs is 2. The van der Waals surface area contributed by atoms with Crippen LogP contribution >= 0.6 is 11.6 Å². The summed E-state index contributed by atoms with van der Waals surface area (Å²) >= 11 is 5.81. The van der Waals surface area contributed by atoms with Crippen LogP contribution in [-0.2, 0) is 50.6 Å². The van der Waals surface area contributed by atoms with Crippen LogP contribution in [0.4, 0.5) is 56.9 Å². The largest absolute Gasteiger partial charge is 0.505 e. The number of nitro groups is 1. The molecule has 0 aliphatic rings. The number of anilines is 1. The van der Waals surface area contributed by atoms with Gasteiger partial charge >= 0.3 is 0 Å². The van der Waals surface area contributed by atoms with E-state index in [0.29, 0.717) is 18.2 Å². The smallest absolute Gasteiger partial charge is 0.297 e. The van der Waals surface area contributed by atoms with Crippen molar-refractivity contribution in [3.05, 3.63) is 112 Å². The summed E-state index contributed by atoms with van der Waals surface area (Å²) in [6.45, 7) is 0. The van der Waals surface area contributed by atoms with Gasteiger partial charge in [0.15, 0.2) is 11.5 Å². The SMILES string of the molecule is Nc1c(N=Nc2ccc3c(O)c(N=Nc4ccc(N=Nc5ccc(Cl)c(S(=O)(=O)O)c5)cc4)c(S(=O)(=O)O)cc3c2S(=O)(=O)O)cc(S(=O)(=O)O)c2ccc(N=Nc3ccc([N+](=O)[O-])cc3S(=O)(=O)O)c(O)c12. The van der Waals surface area contributed by atoms with Crippen LogP contribution in [0.1, 0.15) is 0 Å². The highest BCUT2D eigenvalue weighted by Crippen LogP contribution is 2.48. The van der Waals surface area contributed by atoms with Crippen LogP contribution in [0.25, 0.3) is 21.5 Å². The minimum atomic E-state index is -5.56. The summed E-state index contributed by atoms with van der Waals surface area (Å²) in [4.78, 5) is 4.99. The highest BCUT2D eigenvalue weighted by Gasteiger charge is 2.29. The Bertz CT molecular complexity index is 4260. The lowest BCUT2D eigenvalue weighted by molar-refractivity contribution is -0.385. The van der Waals surface area contributed by atoms with Crippen molar-refractivity contribution in [1.29, 1.82) is 0 Å². The summed E-state index contributed by atoms with van der Waals surface area (Å²) in [6, 6.07) is 15.3. The molecular weight excluding hydrogens is 1100 g/mol. The zero-order valence-electron chi connectivity index (χ0n) is 35.3. The van der Waals surface area contributed by atoms with Crippen molar-refractivity contribution in [3.63, 3.8) is 0 Å². The van der Waals surface area contributed by atoms with E-state index < -0.39 is 153 Å². The number of hydrogen-bond acceptors (Lipinski definition) is 23. The Morgan fingerprint density at radius 3 is 1.52 bits per heavy atom. The molecule has 0 spiro atoms. The first-order chi connectivity index (χ1) is 33.8. The van der Waals surface area contributed by atoms with Crippen LogP contribution in [0.5, 0.6) is 11.5 Å². The maximum absolute atomic E-state index is 13.0. The molecule has 29 nitrogen and oxygen atoms in total. The van der Waals surface area contributed by atoms with Crippen molar-refractivity contribution >= 4 is 141 Å². The van der Waals surface area contributed by atoms with E-state index >= 15 is 0 Å². The van der Waals surface area contributed by atoms with Gasteiger partial charge < -0.3 is 15.9 Å². The Hall–Kier alpha value is -7.90. The highest BCUT2D eigenvalue weighted by molar-refractivity contribution is 7.87. The van der Waals surface area contributed by atoms with Crippen molar-refractivity contribution in [3.8, 4) is 11.5 Å². The lowest BCUT2D eigenvalue weighted by atomic mass is 10.1. The van der Waals surface area contributed by atoms with Gasteiger partial charge in [-0.3, -0.25) is 32.9 Å². The lowest BCUT2D eigenvalue weighted by Gasteiger charge is -2.13. The first-order valence-corrected chi connectivity index (χ1v) is 26.6. The molecule has 7 rings (SSSR count). The second-order valence-corrected chi connectivity index (χ2v) is 21.8. The molecule has 0 aromatic heterocycles. The third-order valence-electron chi connectivity index (χ3n) is 9.76. The van der Waals surface area contributed by atoms with E-state index in [9.17, 15) is 85.2 Å². The quantitative estimate of drug-likeness (QED) is 0.0165. The standard InChI is InChI=1S/C38H25ClN10O19S5/c39-24-9-5-19(13-30(24)70(57,58)59)43-41-17-1-3-18(4-2-17)42-48-35-32(72(63,64)65)15-23-21(36(35)50)7-12-27(38(23)73(66,67)68)46-47-28-16-29(69(54,55)56)22-8-11-26(37(51)33(22)34(28)40)45-44-25-10-6-20(49(52)53)14-31(25)71(60,61)62/h1-16,50-51H,40H2,(H,54,55,56)(H,57,58,59)(H,60,61,62)(H,63,64,65)(H,66,67,68). The molecular formula is C38H25ClN10O19S5. The minimum absolute atomic E-state index is 0.0195. The molecule has 0 unspecified atom stereocenters. The molecule has 0 saturated carbocycles. The van der Waals surface area contributed by atoms with Crippen LogP contribution in [0, 0.1) is 10.1 Å². The van der Waals surface area contributed by atoms with Crippen LogP contribution < -0.4 is 5.73 Å². The van der Waals surface area contributed by atoms with Crippen molar-refractivity contribution in [2.45, 2.75) is 24.5 Å². The van der Waals surface area contributed by atoms with Crippen molar-refractivity contribution < 1.29 is 80.0 Å². The number of non-ortho nitro benzene ring substituents is 1. The van der Waals surface area contributed by atoms with Gasteiger partial charge in [-0.25, -0.2) is 0 Å². The monoisotopic (exact) mass is 1120 g/mol. The van der Waals surface area contributed by atoms with E-state index in [4.69, 9.17) is 17.3 Å². The maximum atomic E-state index is 13.0. The Balaban J connectivity index is 1.29. The summed E-state index contributed by atoms with van der Waals surface area (Å²) in [5.74, 6) is -2.14. The number of azo groups is 4. The fraction of sp³-hybridized carbons (Fsp3) is 0. The number of nitrogens with two attached hydrogens (primary N) is 1. The second-order valence-electron chi connectivity index (χ2n) is 14.5. The molecule has 7 aromatic rings. The predicted octanol–water partition coefficient (Wildman–Crippen LogP) is 9.44. The number of nitrogen functional groups attached to an aromatic ring is 1. The fourth-order valence-corrected chi connectivity index (χ4v) is 10.4. The Kier molecular flexibility index (Phi) is 14.0. The van der Waals surface area contributed by atoms with Gasteiger partial charge in [-0.05, 0) is 78.9 Å². The molecule has 378 valence electrons. The van der Waals surface area contributed by atoms with Gasteiger partial charge in [0.25, 0.3) is 56.3 Å². The molecule has 0 amide bonds. The summed E-state index contributed by atoms with van der Waals surface area (Å²) < 4.78 is 173. The summed E-state index contributed by atoms with van der Waals surface area (Å²) in [5.41, 5.74) is 1.09. The molecule has 0 radical (unpaired) electrons. The van der Waals surface area contributed by atoms with Crippen molar-refractivity contribution in [1.82, 2.24) is 0 Å². The number of nitrogens with zero attached hydrogens (tertiary/aromatic N) is 9.